The van der Waals surface area contributed by atoms with Crippen LogP contribution in [0.25, 0.3) is 0 Å². The molecule has 7 nitrogen and oxygen atoms in total. The molecule has 0 atom stereocenters. The number of fused-ring (bicyclic) bond motifs is 1. The zero-order chi connectivity index (χ0) is 23.6. The van der Waals surface area contributed by atoms with Gasteiger partial charge < -0.3 is 4.90 Å². The molecular weight excluding hydrogens is 460 g/mol. The number of rotatable bonds is 6. The number of sulfone groups is 1. The predicted molar refractivity (Wildman–Crippen MR) is 128 cm³/mol. The Morgan fingerprint density at radius 2 is 1.52 bits per heavy atom. The van der Waals surface area contributed by atoms with Gasteiger partial charge in [0.15, 0.2) is 9.84 Å². The molecule has 2 aliphatic heterocycles. The normalized spacial score (nSPS) is 17.5. The number of anilines is 1. The van der Waals surface area contributed by atoms with E-state index in [4.69, 9.17) is 0 Å². The maximum atomic E-state index is 13.0. The lowest BCUT2D eigenvalue weighted by molar-refractivity contribution is -0.118. The molecule has 0 aromatic heterocycles. The molecule has 0 spiro atoms. The molecule has 33 heavy (non-hydrogen) atoms. The molecule has 0 aliphatic carbocycles. The van der Waals surface area contributed by atoms with E-state index in [0.29, 0.717) is 37.4 Å². The zero-order valence-electron chi connectivity index (χ0n) is 18.9. The second-order valence-corrected chi connectivity index (χ2v) is 12.8. The Balaban J connectivity index is 1.41. The lowest BCUT2D eigenvalue weighted by Gasteiger charge is -2.30. The van der Waals surface area contributed by atoms with Crippen molar-refractivity contribution >= 4 is 31.5 Å². The highest BCUT2D eigenvalue weighted by atomic mass is 32.2. The van der Waals surface area contributed by atoms with Gasteiger partial charge in [-0.05, 0) is 73.6 Å². The average Bonchev–Trinajstić information content (AvgIpc) is 2.82. The van der Waals surface area contributed by atoms with Gasteiger partial charge in [-0.2, -0.15) is 4.31 Å². The summed E-state index contributed by atoms with van der Waals surface area (Å²) in [5.74, 6) is -0.0203. The summed E-state index contributed by atoms with van der Waals surface area (Å²) in [4.78, 5) is 15.3. The third-order valence-electron chi connectivity index (χ3n) is 6.40. The van der Waals surface area contributed by atoms with Crippen LogP contribution in [-0.4, -0.2) is 52.9 Å². The highest BCUT2D eigenvalue weighted by molar-refractivity contribution is 7.90. The van der Waals surface area contributed by atoms with Crippen molar-refractivity contribution in [3.8, 4) is 0 Å². The van der Waals surface area contributed by atoms with E-state index in [2.05, 4.69) is 0 Å². The molecule has 0 radical (unpaired) electrons. The minimum Gasteiger partial charge on any atom is -0.312 e. The fourth-order valence-corrected chi connectivity index (χ4v) is 6.72. The van der Waals surface area contributed by atoms with Gasteiger partial charge in [0.05, 0.1) is 9.79 Å². The second kappa shape index (κ2) is 9.56. The van der Waals surface area contributed by atoms with Crippen molar-refractivity contribution in [3.63, 3.8) is 0 Å². The van der Waals surface area contributed by atoms with E-state index in [1.165, 1.54) is 6.26 Å². The summed E-state index contributed by atoms with van der Waals surface area (Å²) >= 11 is 0. The summed E-state index contributed by atoms with van der Waals surface area (Å²) in [7, 11) is -6.75. The monoisotopic (exact) mass is 490 g/mol. The molecule has 2 aromatic carbocycles. The van der Waals surface area contributed by atoms with Gasteiger partial charge in [-0.15, -0.1) is 0 Å². The molecule has 0 bridgehead atoms. The molecule has 0 N–H and O–H groups in total. The number of aryl methyl sites for hydroxylation is 2. The van der Waals surface area contributed by atoms with E-state index in [0.717, 1.165) is 48.9 Å². The number of benzene rings is 2. The van der Waals surface area contributed by atoms with E-state index < -0.39 is 19.9 Å². The SMILES string of the molecule is CS(=O)(=O)c1ccc2c(c1)CCCN2C(=O)CCc1ccc(S(=O)(=O)N2CCCCC2)cc1. The van der Waals surface area contributed by atoms with Gasteiger partial charge in [-0.3, -0.25) is 4.79 Å². The average molecular weight is 491 g/mol. The summed E-state index contributed by atoms with van der Waals surface area (Å²) in [6, 6.07) is 11.8. The Bertz CT molecular complexity index is 1230. The summed E-state index contributed by atoms with van der Waals surface area (Å²) in [6.45, 7) is 1.75. The molecule has 1 fully saturated rings. The molecular formula is C24H30N2O5S2. The number of carbonyl (C=O) groups is 1. The van der Waals surface area contributed by atoms with Crippen molar-refractivity contribution in [1.29, 1.82) is 0 Å². The fourth-order valence-electron chi connectivity index (χ4n) is 4.53. The van der Waals surface area contributed by atoms with E-state index in [-0.39, 0.29) is 10.8 Å². The standard InChI is InChI=1S/C24H30N2O5S2/c1-32(28,29)22-12-13-23-20(18-22)6-5-17-26(23)24(27)14-9-19-7-10-21(11-8-19)33(30,31)25-15-3-2-4-16-25/h7-8,10-13,18H,2-6,9,14-17H2,1H3. The van der Waals surface area contributed by atoms with E-state index in [9.17, 15) is 21.6 Å². The summed E-state index contributed by atoms with van der Waals surface area (Å²) in [5, 5.41) is 0. The van der Waals surface area contributed by atoms with Crippen molar-refractivity contribution in [1.82, 2.24) is 4.31 Å². The first-order chi connectivity index (χ1) is 15.7. The molecule has 4 rings (SSSR count). The van der Waals surface area contributed by atoms with Crippen LogP contribution in [0.1, 0.15) is 43.2 Å². The molecule has 0 saturated carbocycles. The van der Waals surface area contributed by atoms with Gasteiger partial charge >= 0.3 is 0 Å². The van der Waals surface area contributed by atoms with Crippen molar-refractivity contribution < 1.29 is 21.6 Å². The van der Waals surface area contributed by atoms with E-state index in [1.807, 2.05) is 0 Å². The number of hydrogen-bond donors (Lipinski definition) is 0. The number of piperidine rings is 1. The van der Waals surface area contributed by atoms with Crippen LogP contribution in [0, 0.1) is 0 Å². The molecule has 178 valence electrons. The third kappa shape index (κ3) is 5.31. The molecule has 9 heteroatoms. The van der Waals surface area contributed by atoms with Crippen LogP contribution in [0.2, 0.25) is 0 Å². The quantitative estimate of drug-likeness (QED) is 0.620. The van der Waals surface area contributed by atoms with Gasteiger partial charge in [0.1, 0.15) is 0 Å². The Morgan fingerprint density at radius 1 is 0.848 bits per heavy atom. The summed E-state index contributed by atoms with van der Waals surface area (Å²) in [6.07, 6.45) is 6.39. The van der Waals surface area contributed by atoms with Gasteiger partial charge in [0, 0.05) is 38.0 Å². The molecule has 1 amide bonds. The van der Waals surface area contributed by atoms with Crippen LogP contribution in [0.5, 0.6) is 0 Å². The van der Waals surface area contributed by atoms with Crippen LogP contribution in [0.3, 0.4) is 0 Å². The van der Waals surface area contributed by atoms with Crippen molar-refractivity contribution in [2.75, 3.05) is 30.8 Å². The van der Waals surface area contributed by atoms with Crippen LogP contribution >= 0.6 is 0 Å². The fraction of sp³-hybridized carbons (Fsp3) is 0.458. The topological polar surface area (TPSA) is 91.8 Å². The lowest BCUT2D eigenvalue weighted by Crippen LogP contribution is -2.35. The Morgan fingerprint density at radius 3 is 2.18 bits per heavy atom. The highest BCUT2D eigenvalue weighted by Gasteiger charge is 2.26. The Hall–Kier alpha value is -2.23. The number of hydrogen-bond acceptors (Lipinski definition) is 5. The minimum atomic E-state index is -3.46. The Kier molecular flexibility index (Phi) is 6.93. The van der Waals surface area contributed by atoms with Crippen molar-refractivity contribution in [2.24, 2.45) is 0 Å². The predicted octanol–water partition coefficient (Wildman–Crippen LogP) is 3.18. The van der Waals surface area contributed by atoms with Crippen molar-refractivity contribution in [2.45, 2.75) is 54.7 Å². The molecule has 2 aliphatic rings. The van der Waals surface area contributed by atoms with Crippen LogP contribution < -0.4 is 4.90 Å². The number of sulfonamides is 1. The van der Waals surface area contributed by atoms with Gasteiger partial charge in [-0.1, -0.05) is 18.6 Å². The number of carbonyl (C=O) groups excluding carboxylic acids is 1. The first kappa shape index (κ1) is 23.9. The van der Waals surface area contributed by atoms with Gasteiger partial charge in [0.2, 0.25) is 15.9 Å². The first-order valence-electron chi connectivity index (χ1n) is 11.4. The minimum absolute atomic E-state index is 0.0203. The van der Waals surface area contributed by atoms with Crippen LogP contribution in [-0.2, 0) is 37.5 Å². The smallest absolute Gasteiger partial charge is 0.243 e. The highest BCUT2D eigenvalue weighted by Crippen LogP contribution is 2.30. The van der Waals surface area contributed by atoms with Crippen molar-refractivity contribution in [3.05, 3.63) is 53.6 Å². The van der Waals surface area contributed by atoms with Gasteiger partial charge in [0.25, 0.3) is 0 Å². The van der Waals surface area contributed by atoms with Crippen LogP contribution in [0.15, 0.2) is 52.3 Å². The third-order valence-corrected chi connectivity index (χ3v) is 9.43. The number of amides is 1. The molecule has 1 saturated heterocycles. The maximum absolute atomic E-state index is 13.0. The summed E-state index contributed by atoms with van der Waals surface area (Å²) < 4.78 is 50.9. The van der Waals surface area contributed by atoms with Crippen LogP contribution in [0.4, 0.5) is 5.69 Å². The van der Waals surface area contributed by atoms with E-state index in [1.54, 1.807) is 51.7 Å². The maximum Gasteiger partial charge on any atom is 0.243 e. The molecule has 0 unspecified atom stereocenters. The lowest BCUT2D eigenvalue weighted by atomic mass is 10.0. The summed E-state index contributed by atoms with van der Waals surface area (Å²) in [5.41, 5.74) is 2.57. The number of nitrogens with zero attached hydrogens (tertiary/aromatic N) is 2. The largest absolute Gasteiger partial charge is 0.312 e. The molecule has 2 aromatic rings. The van der Waals surface area contributed by atoms with Gasteiger partial charge in [-0.25, -0.2) is 16.8 Å². The zero-order valence-corrected chi connectivity index (χ0v) is 20.5. The second-order valence-electron chi connectivity index (χ2n) is 8.82. The first-order valence-corrected chi connectivity index (χ1v) is 14.7. The Labute approximate surface area is 196 Å². The van der Waals surface area contributed by atoms with E-state index >= 15 is 0 Å². The molecule has 2 heterocycles.